The molecule has 1 N–H and O–H groups in total. The van der Waals surface area contributed by atoms with Gasteiger partial charge in [0.25, 0.3) is 11.5 Å². The van der Waals surface area contributed by atoms with E-state index in [0.29, 0.717) is 17.9 Å². The molecule has 2 aromatic heterocycles. The molecule has 2 heterocycles. The van der Waals surface area contributed by atoms with Gasteiger partial charge in [-0.15, -0.1) is 0 Å². The lowest BCUT2D eigenvalue weighted by atomic mass is 10.1. The van der Waals surface area contributed by atoms with Crippen molar-refractivity contribution < 1.29 is 4.79 Å². The fourth-order valence-electron chi connectivity index (χ4n) is 2.67. The number of nitrogens with one attached hydrogen (secondary N) is 1. The Bertz CT molecular complexity index is 810. The largest absolute Gasteiger partial charge is 0.319 e. The van der Waals surface area contributed by atoms with E-state index in [9.17, 15) is 9.59 Å². The van der Waals surface area contributed by atoms with Gasteiger partial charge < -0.3 is 9.88 Å². The van der Waals surface area contributed by atoms with Crippen LogP contribution >= 0.6 is 0 Å². The van der Waals surface area contributed by atoms with E-state index >= 15 is 0 Å². The number of hydrogen-bond donors (Lipinski definition) is 1. The third-order valence-electron chi connectivity index (χ3n) is 3.90. The van der Waals surface area contributed by atoms with Crippen LogP contribution in [0.4, 0.5) is 5.69 Å². The molecule has 0 aromatic carbocycles. The maximum absolute atomic E-state index is 12.6. The number of nitrogens with zero attached hydrogens (tertiary/aromatic N) is 3. The highest BCUT2D eigenvalue weighted by molar-refractivity contribution is 6.02. The van der Waals surface area contributed by atoms with Gasteiger partial charge in [-0.25, -0.2) is 0 Å². The van der Waals surface area contributed by atoms with Gasteiger partial charge >= 0.3 is 0 Å². The summed E-state index contributed by atoms with van der Waals surface area (Å²) in [5, 5.41) is 7.35. The third kappa shape index (κ3) is 4.38. The molecule has 0 unspecified atom stereocenters. The normalized spacial score (nSPS) is 11.8. The molecular formula is C19H28N4O2. The summed E-state index contributed by atoms with van der Waals surface area (Å²) in [5.41, 5.74) is 1.72. The number of anilines is 1. The molecule has 0 aliphatic carbocycles. The third-order valence-corrected chi connectivity index (χ3v) is 3.90. The molecular weight excluding hydrogens is 316 g/mol. The summed E-state index contributed by atoms with van der Waals surface area (Å²) in [7, 11) is 0. The quantitative estimate of drug-likeness (QED) is 0.901. The number of amides is 1. The maximum atomic E-state index is 12.6. The number of aryl methyl sites for hydroxylation is 1. The molecule has 0 bridgehead atoms. The van der Waals surface area contributed by atoms with E-state index in [1.54, 1.807) is 16.8 Å². The number of hydrogen-bond acceptors (Lipinski definition) is 3. The van der Waals surface area contributed by atoms with Crippen molar-refractivity contribution in [2.75, 3.05) is 5.32 Å². The Hall–Kier alpha value is -2.37. The van der Waals surface area contributed by atoms with E-state index in [-0.39, 0.29) is 22.9 Å². The molecule has 0 spiro atoms. The van der Waals surface area contributed by atoms with Gasteiger partial charge in [0, 0.05) is 24.5 Å². The van der Waals surface area contributed by atoms with Crippen molar-refractivity contribution in [2.45, 2.75) is 66.0 Å². The zero-order valence-electron chi connectivity index (χ0n) is 16.0. The Kier molecular flexibility index (Phi) is 5.50. The van der Waals surface area contributed by atoms with Gasteiger partial charge in [0.2, 0.25) is 0 Å². The first kappa shape index (κ1) is 19.0. The highest BCUT2D eigenvalue weighted by Crippen LogP contribution is 2.23. The SMILES string of the molecule is CCCn1cc(NC(=O)c2cc(C(C)C)n(C(C)(C)C)n2)ccc1=O. The van der Waals surface area contributed by atoms with Crippen LogP contribution in [0.3, 0.4) is 0 Å². The highest BCUT2D eigenvalue weighted by atomic mass is 16.2. The summed E-state index contributed by atoms with van der Waals surface area (Å²) in [6, 6.07) is 4.93. The van der Waals surface area contributed by atoms with Crippen molar-refractivity contribution in [1.82, 2.24) is 14.3 Å². The molecule has 136 valence electrons. The Labute approximate surface area is 148 Å². The topological polar surface area (TPSA) is 68.9 Å². The zero-order valence-corrected chi connectivity index (χ0v) is 16.0. The minimum atomic E-state index is -0.272. The van der Waals surface area contributed by atoms with Gasteiger partial charge in [0.15, 0.2) is 5.69 Å². The molecule has 0 aliphatic heterocycles. The average molecular weight is 344 g/mol. The van der Waals surface area contributed by atoms with E-state index in [4.69, 9.17) is 0 Å². The van der Waals surface area contributed by atoms with E-state index in [1.807, 2.05) is 17.7 Å². The van der Waals surface area contributed by atoms with Crippen LogP contribution in [0.2, 0.25) is 0 Å². The molecule has 6 heteroatoms. The summed E-state index contributed by atoms with van der Waals surface area (Å²) in [4.78, 5) is 24.4. The molecule has 2 rings (SSSR count). The molecule has 0 fully saturated rings. The molecule has 1 amide bonds. The van der Waals surface area contributed by atoms with E-state index in [0.717, 1.165) is 12.1 Å². The lowest BCUT2D eigenvalue weighted by Gasteiger charge is -2.23. The standard InChI is InChI=1S/C19H28N4O2/c1-7-10-22-12-14(8-9-17(22)24)20-18(25)15-11-16(13(2)3)23(21-15)19(4,5)6/h8-9,11-13H,7,10H2,1-6H3,(H,20,25). The van der Waals surface area contributed by atoms with Crippen molar-refractivity contribution in [1.29, 1.82) is 0 Å². The average Bonchev–Trinajstić information content (AvgIpc) is 2.97. The van der Waals surface area contributed by atoms with Crippen molar-refractivity contribution in [2.24, 2.45) is 0 Å². The summed E-state index contributed by atoms with van der Waals surface area (Å²) in [5.74, 6) is -0.00803. The van der Waals surface area contributed by atoms with Crippen LogP contribution < -0.4 is 10.9 Å². The van der Waals surface area contributed by atoms with E-state index in [2.05, 4.69) is 45.0 Å². The molecule has 0 radical (unpaired) electrons. The first-order valence-corrected chi connectivity index (χ1v) is 8.75. The number of carbonyl (C=O) groups excluding carboxylic acids is 1. The van der Waals surface area contributed by atoms with Gasteiger partial charge in [-0.2, -0.15) is 5.10 Å². The van der Waals surface area contributed by atoms with Crippen LogP contribution in [0.15, 0.2) is 29.2 Å². The zero-order chi connectivity index (χ0) is 18.8. The van der Waals surface area contributed by atoms with Gasteiger partial charge in [0.05, 0.1) is 11.2 Å². The Morgan fingerprint density at radius 1 is 1.28 bits per heavy atom. The van der Waals surface area contributed by atoms with Crippen molar-refractivity contribution in [3.63, 3.8) is 0 Å². The van der Waals surface area contributed by atoms with Crippen LogP contribution in [0.25, 0.3) is 0 Å². The van der Waals surface area contributed by atoms with Gasteiger partial charge in [-0.3, -0.25) is 14.3 Å². The molecule has 2 aromatic rings. The molecule has 0 saturated carbocycles. The first-order valence-electron chi connectivity index (χ1n) is 8.75. The van der Waals surface area contributed by atoms with Crippen LogP contribution in [0, 0.1) is 0 Å². The predicted molar refractivity (Wildman–Crippen MR) is 100 cm³/mol. The minimum Gasteiger partial charge on any atom is -0.319 e. The number of aromatic nitrogens is 3. The van der Waals surface area contributed by atoms with Crippen LogP contribution in [-0.2, 0) is 12.1 Å². The number of pyridine rings is 1. The Balaban J connectivity index is 2.30. The van der Waals surface area contributed by atoms with Gasteiger partial charge in [-0.1, -0.05) is 20.8 Å². The Morgan fingerprint density at radius 3 is 2.48 bits per heavy atom. The first-order chi connectivity index (χ1) is 11.6. The minimum absolute atomic E-state index is 0.0704. The fourth-order valence-corrected chi connectivity index (χ4v) is 2.67. The molecule has 6 nitrogen and oxygen atoms in total. The lowest BCUT2D eigenvalue weighted by molar-refractivity contribution is 0.102. The molecule has 0 saturated heterocycles. The van der Waals surface area contributed by atoms with Gasteiger partial charge in [0.1, 0.15) is 0 Å². The van der Waals surface area contributed by atoms with E-state index in [1.165, 1.54) is 6.07 Å². The number of rotatable bonds is 5. The number of carbonyl (C=O) groups is 1. The summed E-state index contributed by atoms with van der Waals surface area (Å²) in [6.45, 7) is 13.0. The molecule has 25 heavy (non-hydrogen) atoms. The van der Waals surface area contributed by atoms with Crippen molar-refractivity contribution in [3.8, 4) is 0 Å². The van der Waals surface area contributed by atoms with Crippen LogP contribution in [0.5, 0.6) is 0 Å². The fraction of sp³-hybridized carbons (Fsp3) is 0.526. The highest BCUT2D eigenvalue weighted by Gasteiger charge is 2.23. The second-order valence-corrected chi connectivity index (χ2v) is 7.60. The smallest absolute Gasteiger partial charge is 0.276 e. The lowest BCUT2D eigenvalue weighted by Crippen LogP contribution is -2.26. The predicted octanol–water partition coefficient (Wildman–Crippen LogP) is 3.59. The summed E-state index contributed by atoms with van der Waals surface area (Å²) >= 11 is 0. The second kappa shape index (κ2) is 7.25. The second-order valence-electron chi connectivity index (χ2n) is 7.60. The molecule has 0 aliphatic rings. The summed E-state index contributed by atoms with van der Waals surface area (Å²) < 4.78 is 3.51. The van der Waals surface area contributed by atoms with Crippen LogP contribution in [0.1, 0.15) is 70.1 Å². The van der Waals surface area contributed by atoms with Gasteiger partial charge in [-0.05, 0) is 45.2 Å². The molecule has 0 atom stereocenters. The Morgan fingerprint density at radius 2 is 1.96 bits per heavy atom. The van der Waals surface area contributed by atoms with Crippen LogP contribution in [-0.4, -0.2) is 20.3 Å². The van der Waals surface area contributed by atoms with Crippen molar-refractivity contribution >= 4 is 11.6 Å². The summed E-state index contributed by atoms with van der Waals surface area (Å²) in [6.07, 6.45) is 2.53. The van der Waals surface area contributed by atoms with Crippen molar-refractivity contribution in [3.05, 3.63) is 46.1 Å². The monoisotopic (exact) mass is 344 g/mol. The maximum Gasteiger partial charge on any atom is 0.276 e. The van der Waals surface area contributed by atoms with E-state index < -0.39 is 0 Å².